The number of aliphatic hydroxyl groups excluding tert-OH is 1. The maximum absolute atomic E-state index is 12.3. The van der Waals surface area contributed by atoms with Crippen LogP contribution in [0.3, 0.4) is 0 Å². The second-order valence-electron chi connectivity index (χ2n) is 11.4. The van der Waals surface area contributed by atoms with Gasteiger partial charge in [-0.3, -0.25) is 4.79 Å². The van der Waals surface area contributed by atoms with Crippen LogP contribution in [0.4, 0.5) is 0 Å². The molecule has 0 aromatic heterocycles. The summed E-state index contributed by atoms with van der Waals surface area (Å²) in [5.74, 6) is 4.20. The minimum atomic E-state index is -0.186. The van der Waals surface area contributed by atoms with E-state index < -0.39 is 0 Å². The highest BCUT2D eigenvalue weighted by molar-refractivity contribution is 5.79. The molecular weight excluding hydrogens is 384 g/mol. The molecule has 4 saturated carbocycles. The molecule has 0 spiro atoms. The van der Waals surface area contributed by atoms with Crippen LogP contribution in [-0.4, -0.2) is 23.6 Å². The Bertz CT molecular complexity index is 855. The van der Waals surface area contributed by atoms with Crippen LogP contribution < -0.4 is 4.74 Å². The third-order valence-electron chi connectivity index (χ3n) is 10.1. The van der Waals surface area contributed by atoms with Crippen LogP contribution in [0.1, 0.15) is 79.5 Å². The highest BCUT2D eigenvalue weighted by atomic mass is 16.5. The van der Waals surface area contributed by atoms with Crippen LogP contribution in [0.5, 0.6) is 5.75 Å². The van der Waals surface area contributed by atoms with Gasteiger partial charge in [0.2, 0.25) is 0 Å². The van der Waals surface area contributed by atoms with Crippen LogP contribution in [0.25, 0.3) is 0 Å². The molecule has 31 heavy (non-hydrogen) atoms. The van der Waals surface area contributed by atoms with Gasteiger partial charge in [0, 0.05) is 15.7 Å². The molecule has 5 unspecified atom stereocenters. The average molecular weight is 427 g/mol. The van der Waals surface area contributed by atoms with Crippen LogP contribution >= 0.6 is 0 Å². The van der Waals surface area contributed by atoms with E-state index in [2.05, 4.69) is 44.7 Å². The molecule has 3 heteroatoms. The van der Waals surface area contributed by atoms with Gasteiger partial charge in [-0.25, -0.2) is 0 Å². The van der Waals surface area contributed by atoms with Gasteiger partial charge in [0.25, 0.3) is 0 Å². The lowest BCUT2D eigenvalue weighted by atomic mass is 9.42. The number of carbonyl (C=O) groups is 1. The number of hydrogen-bond acceptors (Lipinski definition) is 3. The third-order valence-corrected chi connectivity index (χ3v) is 10.1. The zero-order valence-electron chi connectivity index (χ0n) is 19.2. The number of hydrogen-bond donors (Lipinski definition) is 1. The molecule has 4 fully saturated rings. The lowest BCUT2D eigenvalue weighted by Gasteiger charge is -2.62. The lowest BCUT2D eigenvalue weighted by Crippen LogP contribution is -2.56. The monoisotopic (exact) mass is 426 g/mol. The number of fused-ring (bicyclic) bond motifs is 5. The minimum Gasteiger partial charge on any atom is -0.490 e. The fourth-order valence-electron chi connectivity index (χ4n) is 8.49. The predicted molar refractivity (Wildman–Crippen MR) is 127 cm³/mol. The van der Waals surface area contributed by atoms with Crippen molar-refractivity contribution in [1.29, 1.82) is 0 Å². The number of carbonyl (C=O) groups excluding carboxylic acids is 1. The van der Waals surface area contributed by atoms with Gasteiger partial charge in [-0.1, -0.05) is 38.6 Å². The maximum Gasteiger partial charge on any atom is 0.133 e. The Labute approximate surface area is 190 Å². The number of Topliss-reactive ketones (excluding diaryl/α,β-unsaturated/α-hetero) is 1. The SMILES string of the molecule is C=CCOc1ccc([C@H]2CC3(C)C(CC[C@@H]3O)C3CCC4CC(=O)CC[C@]4(C)C32)cc1.[HH].[HH]. The Morgan fingerprint density at radius 1 is 1.16 bits per heavy atom. The van der Waals surface area contributed by atoms with Crippen molar-refractivity contribution in [1.82, 2.24) is 0 Å². The van der Waals surface area contributed by atoms with Crippen molar-refractivity contribution in [2.45, 2.75) is 77.2 Å². The molecule has 8 atom stereocenters. The van der Waals surface area contributed by atoms with Gasteiger partial charge in [0.15, 0.2) is 0 Å². The van der Waals surface area contributed by atoms with Gasteiger partial charge in [0.1, 0.15) is 18.1 Å². The Balaban J connectivity index is 0.00000153. The van der Waals surface area contributed by atoms with Crippen molar-refractivity contribution >= 4 is 5.78 Å². The van der Waals surface area contributed by atoms with Crippen LogP contribution in [0.15, 0.2) is 36.9 Å². The van der Waals surface area contributed by atoms with Crippen LogP contribution in [0, 0.1) is 34.5 Å². The Morgan fingerprint density at radius 2 is 1.94 bits per heavy atom. The van der Waals surface area contributed by atoms with Gasteiger partial charge in [-0.2, -0.15) is 0 Å². The number of ketones is 1. The third kappa shape index (κ3) is 3.30. The normalized spacial score (nSPS) is 44.2. The van der Waals surface area contributed by atoms with E-state index in [1.165, 1.54) is 24.8 Å². The molecule has 3 nitrogen and oxygen atoms in total. The van der Waals surface area contributed by atoms with E-state index in [9.17, 15) is 9.90 Å². The summed E-state index contributed by atoms with van der Waals surface area (Å²) in [7, 11) is 0. The Kier molecular flexibility index (Phi) is 5.32. The van der Waals surface area contributed by atoms with Crippen molar-refractivity contribution in [2.24, 2.45) is 34.5 Å². The van der Waals surface area contributed by atoms with Crippen molar-refractivity contribution < 1.29 is 17.5 Å². The second kappa shape index (κ2) is 7.76. The quantitative estimate of drug-likeness (QED) is 0.566. The Morgan fingerprint density at radius 3 is 2.68 bits per heavy atom. The first-order valence-electron chi connectivity index (χ1n) is 12.4. The standard InChI is InChI=1S/C28H38O3.2H2/c1-4-15-31-21-8-5-18(6-9-21)23-17-28(3)24(11-12-25(28)30)22-10-7-19-16-20(29)13-14-27(19,2)26(22)23;;/h4-6,8-9,19,22-26,30H,1,7,10-17H2,2-3H3;2*1H/t19?,22?,23-,24?,25+,26?,27+,28?;;/m1../s1. The molecule has 0 amide bonds. The van der Waals surface area contributed by atoms with Gasteiger partial charge in [-0.05, 0) is 96.6 Å². The van der Waals surface area contributed by atoms with E-state index >= 15 is 0 Å². The maximum atomic E-state index is 12.3. The number of benzene rings is 1. The first kappa shape index (κ1) is 21.2. The lowest BCUT2D eigenvalue weighted by molar-refractivity contribution is -0.147. The summed E-state index contributed by atoms with van der Waals surface area (Å²) >= 11 is 0. The molecule has 0 saturated heterocycles. The van der Waals surface area contributed by atoms with E-state index in [4.69, 9.17) is 4.74 Å². The second-order valence-corrected chi connectivity index (χ2v) is 11.4. The first-order valence-corrected chi connectivity index (χ1v) is 12.4. The summed E-state index contributed by atoms with van der Waals surface area (Å²) in [6.07, 6.45) is 9.75. The summed E-state index contributed by atoms with van der Waals surface area (Å²) in [5.41, 5.74) is 1.63. The number of aliphatic hydroxyl groups is 1. The van der Waals surface area contributed by atoms with Crippen molar-refractivity contribution in [3.8, 4) is 5.75 Å². The molecule has 172 valence electrons. The number of rotatable bonds is 4. The smallest absolute Gasteiger partial charge is 0.133 e. The van der Waals surface area contributed by atoms with E-state index in [-0.39, 0.29) is 19.8 Å². The average Bonchev–Trinajstić information content (AvgIpc) is 3.07. The highest BCUT2D eigenvalue weighted by Crippen LogP contribution is 2.69. The van der Waals surface area contributed by atoms with Crippen LogP contribution in [-0.2, 0) is 4.79 Å². The zero-order chi connectivity index (χ0) is 21.8. The summed E-state index contributed by atoms with van der Waals surface area (Å²) in [5, 5.41) is 11.0. The van der Waals surface area contributed by atoms with E-state index in [1.807, 2.05) is 0 Å². The molecular formula is C28H42O3. The van der Waals surface area contributed by atoms with Gasteiger partial charge in [0.05, 0.1) is 6.10 Å². The molecule has 0 radical (unpaired) electrons. The Hall–Kier alpha value is -1.61. The van der Waals surface area contributed by atoms with E-state index in [0.29, 0.717) is 42.0 Å². The fraction of sp³-hybridized carbons (Fsp3) is 0.679. The summed E-state index contributed by atoms with van der Waals surface area (Å²) < 4.78 is 5.73. The molecule has 0 aliphatic heterocycles. The highest BCUT2D eigenvalue weighted by Gasteiger charge is 2.63. The summed E-state index contributed by atoms with van der Waals surface area (Å²) in [6, 6.07) is 8.71. The summed E-state index contributed by atoms with van der Waals surface area (Å²) in [4.78, 5) is 12.3. The predicted octanol–water partition coefficient (Wildman–Crippen LogP) is 6.41. The molecule has 4 aliphatic rings. The van der Waals surface area contributed by atoms with E-state index in [0.717, 1.165) is 37.9 Å². The molecule has 1 N–H and O–H groups in total. The fourth-order valence-corrected chi connectivity index (χ4v) is 8.49. The zero-order valence-corrected chi connectivity index (χ0v) is 19.2. The van der Waals surface area contributed by atoms with Crippen molar-refractivity contribution in [2.75, 3.05) is 6.61 Å². The number of ether oxygens (including phenoxy) is 1. The van der Waals surface area contributed by atoms with Crippen molar-refractivity contribution in [3.63, 3.8) is 0 Å². The van der Waals surface area contributed by atoms with Gasteiger partial charge >= 0.3 is 0 Å². The molecule has 1 aromatic carbocycles. The van der Waals surface area contributed by atoms with Gasteiger partial charge in [-0.15, -0.1) is 0 Å². The van der Waals surface area contributed by atoms with Crippen LogP contribution in [0.2, 0.25) is 0 Å². The largest absolute Gasteiger partial charge is 0.490 e. The molecule has 1 aromatic rings. The topological polar surface area (TPSA) is 46.5 Å². The molecule has 5 rings (SSSR count). The van der Waals surface area contributed by atoms with Gasteiger partial charge < -0.3 is 9.84 Å². The molecule has 0 heterocycles. The van der Waals surface area contributed by atoms with E-state index in [1.54, 1.807) is 6.08 Å². The summed E-state index contributed by atoms with van der Waals surface area (Å²) in [6.45, 7) is 9.12. The molecule has 4 aliphatic carbocycles. The molecule has 0 bridgehead atoms. The minimum absolute atomic E-state index is 0. The first-order chi connectivity index (χ1) is 14.9. The van der Waals surface area contributed by atoms with Crippen molar-refractivity contribution in [3.05, 3.63) is 42.5 Å².